The average molecular weight is 491 g/mol. The fraction of sp³-hybridized carbons (Fsp3) is 0.261. The van der Waals surface area contributed by atoms with Crippen LogP contribution in [0.4, 0.5) is 4.39 Å². The lowest BCUT2D eigenvalue weighted by Crippen LogP contribution is -2.39. The van der Waals surface area contributed by atoms with E-state index in [-0.39, 0.29) is 33.2 Å². The predicted octanol–water partition coefficient (Wildman–Crippen LogP) is 4.29. The highest BCUT2D eigenvalue weighted by Crippen LogP contribution is 2.33. The molecule has 0 saturated heterocycles. The summed E-state index contributed by atoms with van der Waals surface area (Å²) in [7, 11) is 0. The summed E-state index contributed by atoms with van der Waals surface area (Å²) in [6.07, 6.45) is 1.43. The number of thiazole rings is 1. The van der Waals surface area contributed by atoms with Gasteiger partial charge in [-0.1, -0.05) is 48.9 Å². The lowest BCUT2D eigenvalue weighted by molar-refractivity contribution is -0.140. The number of halogens is 2. The van der Waals surface area contributed by atoms with Gasteiger partial charge in [0.15, 0.2) is 4.80 Å². The summed E-state index contributed by atoms with van der Waals surface area (Å²) in [5.41, 5.74) is 0.595. The summed E-state index contributed by atoms with van der Waals surface area (Å²) in [4.78, 5) is 32.2. The van der Waals surface area contributed by atoms with Crippen molar-refractivity contribution in [2.24, 2.45) is 10.9 Å². The molecule has 32 heavy (non-hydrogen) atoms. The third kappa shape index (κ3) is 4.22. The fourth-order valence-electron chi connectivity index (χ4n) is 3.40. The van der Waals surface area contributed by atoms with Crippen molar-refractivity contribution < 1.29 is 13.9 Å². The lowest BCUT2D eigenvalue weighted by Gasteiger charge is -2.23. The highest BCUT2D eigenvalue weighted by atomic mass is 35.5. The van der Waals surface area contributed by atoms with Gasteiger partial charge >= 0.3 is 5.97 Å². The van der Waals surface area contributed by atoms with Crippen molar-refractivity contribution >= 4 is 46.3 Å². The van der Waals surface area contributed by atoms with E-state index in [9.17, 15) is 14.0 Å². The van der Waals surface area contributed by atoms with Crippen LogP contribution in [0.1, 0.15) is 37.3 Å². The summed E-state index contributed by atoms with van der Waals surface area (Å²) in [5, 5.41) is 2.09. The number of hydrogen-bond acceptors (Lipinski definition) is 6. The van der Waals surface area contributed by atoms with Crippen LogP contribution >= 0.6 is 34.3 Å². The van der Waals surface area contributed by atoms with Crippen LogP contribution in [0.5, 0.6) is 0 Å². The number of esters is 1. The molecule has 1 aliphatic heterocycles. The minimum atomic E-state index is -0.663. The number of rotatable bonds is 5. The van der Waals surface area contributed by atoms with Crippen molar-refractivity contribution in [2.45, 2.75) is 26.8 Å². The van der Waals surface area contributed by atoms with Gasteiger partial charge in [0, 0.05) is 10.4 Å². The molecule has 0 amide bonds. The Bertz CT molecular complexity index is 1370. The number of thiophene rings is 1. The van der Waals surface area contributed by atoms with E-state index in [1.54, 1.807) is 13.0 Å². The molecule has 1 aromatic carbocycles. The molecule has 0 saturated carbocycles. The molecule has 4 rings (SSSR count). The first kappa shape index (κ1) is 22.6. The number of ether oxygens (including phenoxy) is 1. The molecular formula is C23H20ClFN2O3S2. The van der Waals surface area contributed by atoms with Crippen LogP contribution < -0.4 is 14.9 Å². The van der Waals surface area contributed by atoms with Crippen LogP contribution in [0, 0.1) is 11.7 Å². The van der Waals surface area contributed by atoms with Gasteiger partial charge in [0.05, 0.1) is 27.4 Å². The molecule has 0 spiro atoms. The highest BCUT2D eigenvalue weighted by Gasteiger charge is 2.34. The average Bonchev–Trinajstić information content (AvgIpc) is 3.37. The number of aromatic nitrogens is 1. The van der Waals surface area contributed by atoms with E-state index in [0.29, 0.717) is 16.1 Å². The van der Waals surface area contributed by atoms with Crippen LogP contribution in [0.2, 0.25) is 5.02 Å². The first-order valence-electron chi connectivity index (χ1n) is 9.95. The van der Waals surface area contributed by atoms with E-state index in [2.05, 4.69) is 4.99 Å². The van der Waals surface area contributed by atoms with Gasteiger partial charge in [0.25, 0.3) is 5.56 Å². The molecule has 0 fully saturated rings. The second kappa shape index (κ2) is 9.13. The number of carbonyl (C=O) groups excluding carboxylic acids is 1. The van der Waals surface area contributed by atoms with Crippen molar-refractivity contribution in [1.29, 1.82) is 0 Å². The standard InChI is InChI=1S/C23H20ClFN2O3S2/c1-12(2)11-30-22(29)19-13(3)26-23-27(20(19)17-8-5-9-31-17)21(28)18(32-23)10-14-15(24)6-4-7-16(14)25/h4-10,12,20H,11H2,1-3H3. The minimum absolute atomic E-state index is 0.138. The summed E-state index contributed by atoms with van der Waals surface area (Å²) in [6, 6.07) is 7.43. The van der Waals surface area contributed by atoms with Gasteiger partial charge < -0.3 is 4.74 Å². The summed E-state index contributed by atoms with van der Waals surface area (Å²) in [5.74, 6) is -0.844. The van der Waals surface area contributed by atoms with Crippen LogP contribution in [-0.4, -0.2) is 17.1 Å². The molecule has 0 N–H and O–H groups in total. The summed E-state index contributed by atoms with van der Waals surface area (Å²) < 4.78 is 21.6. The number of carbonyl (C=O) groups is 1. The fourth-order valence-corrected chi connectivity index (χ4v) is 5.47. The molecule has 0 radical (unpaired) electrons. The Morgan fingerprint density at radius 1 is 1.34 bits per heavy atom. The molecule has 166 valence electrons. The smallest absolute Gasteiger partial charge is 0.338 e. The summed E-state index contributed by atoms with van der Waals surface area (Å²) in [6.45, 7) is 5.91. The van der Waals surface area contributed by atoms with E-state index in [1.807, 2.05) is 31.4 Å². The number of nitrogens with zero attached hydrogens (tertiary/aromatic N) is 2. The maximum absolute atomic E-state index is 14.3. The van der Waals surface area contributed by atoms with Crippen molar-refractivity contribution in [2.75, 3.05) is 6.61 Å². The van der Waals surface area contributed by atoms with Crippen molar-refractivity contribution in [1.82, 2.24) is 4.57 Å². The van der Waals surface area contributed by atoms with Crippen molar-refractivity contribution in [3.05, 3.63) is 88.0 Å². The zero-order valence-corrected chi connectivity index (χ0v) is 20.0. The molecule has 3 aromatic rings. The van der Waals surface area contributed by atoms with E-state index >= 15 is 0 Å². The molecule has 5 nitrogen and oxygen atoms in total. The predicted molar refractivity (Wildman–Crippen MR) is 125 cm³/mol. The first-order chi connectivity index (χ1) is 15.3. The van der Waals surface area contributed by atoms with Crippen molar-refractivity contribution in [3.8, 4) is 0 Å². The van der Waals surface area contributed by atoms with E-state index in [1.165, 1.54) is 34.1 Å². The molecule has 9 heteroatoms. The monoisotopic (exact) mass is 490 g/mol. The normalized spacial score (nSPS) is 16.3. The third-order valence-corrected chi connectivity index (χ3v) is 7.11. The molecule has 0 aliphatic carbocycles. The van der Waals surface area contributed by atoms with Gasteiger partial charge in [-0.15, -0.1) is 11.3 Å². The highest BCUT2D eigenvalue weighted by molar-refractivity contribution is 7.10. The maximum atomic E-state index is 14.3. The second-order valence-corrected chi connectivity index (χ2v) is 10.1. The van der Waals surface area contributed by atoms with E-state index in [0.717, 1.165) is 16.2 Å². The quantitative estimate of drug-likeness (QED) is 0.501. The molecule has 1 unspecified atom stereocenters. The first-order valence-corrected chi connectivity index (χ1v) is 12.0. The van der Waals surface area contributed by atoms with Gasteiger partial charge in [-0.2, -0.15) is 0 Å². The Labute approximate surface area is 196 Å². The van der Waals surface area contributed by atoms with Crippen molar-refractivity contribution in [3.63, 3.8) is 0 Å². The van der Waals surface area contributed by atoms with Gasteiger partial charge in [-0.3, -0.25) is 9.36 Å². The Balaban J connectivity index is 1.91. The zero-order valence-electron chi connectivity index (χ0n) is 17.6. The molecule has 2 aromatic heterocycles. The Kier molecular flexibility index (Phi) is 6.46. The van der Waals surface area contributed by atoms with Gasteiger partial charge in [0.1, 0.15) is 11.9 Å². The van der Waals surface area contributed by atoms with Crippen LogP contribution in [0.3, 0.4) is 0 Å². The van der Waals surface area contributed by atoms with Gasteiger partial charge in [-0.05, 0) is 42.5 Å². The minimum Gasteiger partial charge on any atom is -0.462 e. The summed E-state index contributed by atoms with van der Waals surface area (Å²) >= 11 is 8.72. The third-order valence-electron chi connectivity index (χ3n) is 4.88. The molecule has 1 aliphatic rings. The van der Waals surface area contributed by atoms with E-state index < -0.39 is 17.8 Å². The number of hydrogen-bond donors (Lipinski definition) is 0. The Hall–Kier alpha value is -2.55. The SMILES string of the molecule is CC1=C(C(=O)OCC(C)C)C(c2cccs2)n2c(sc(=Cc3c(F)cccc3Cl)c2=O)=N1. The Morgan fingerprint density at radius 3 is 2.78 bits per heavy atom. The number of fused-ring (bicyclic) bond motifs is 1. The molecule has 1 atom stereocenters. The second-order valence-electron chi connectivity index (χ2n) is 7.72. The molecule has 3 heterocycles. The van der Waals surface area contributed by atoms with Crippen LogP contribution in [-0.2, 0) is 9.53 Å². The van der Waals surface area contributed by atoms with Crippen LogP contribution in [0.25, 0.3) is 6.08 Å². The van der Waals surface area contributed by atoms with Crippen LogP contribution in [0.15, 0.2) is 56.8 Å². The van der Waals surface area contributed by atoms with E-state index in [4.69, 9.17) is 16.3 Å². The van der Waals surface area contributed by atoms with Gasteiger partial charge in [-0.25, -0.2) is 14.2 Å². The number of benzene rings is 1. The lowest BCUT2D eigenvalue weighted by atomic mass is 10.0. The molecular weight excluding hydrogens is 471 g/mol. The van der Waals surface area contributed by atoms with Gasteiger partial charge in [0.2, 0.25) is 0 Å². The maximum Gasteiger partial charge on any atom is 0.338 e. The topological polar surface area (TPSA) is 60.7 Å². The molecule has 0 bridgehead atoms. The number of allylic oxidation sites excluding steroid dienone is 1. The Morgan fingerprint density at radius 2 is 2.12 bits per heavy atom. The zero-order chi connectivity index (χ0) is 23.0. The largest absolute Gasteiger partial charge is 0.462 e.